The predicted molar refractivity (Wildman–Crippen MR) is 69.5 cm³/mol. The van der Waals surface area contributed by atoms with Gasteiger partial charge in [-0.3, -0.25) is 4.79 Å². The van der Waals surface area contributed by atoms with Crippen molar-refractivity contribution in [1.29, 1.82) is 0 Å². The van der Waals surface area contributed by atoms with E-state index in [0.29, 0.717) is 6.42 Å². The molecule has 5 heteroatoms. The van der Waals surface area contributed by atoms with Crippen LogP contribution in [0.2, 0.25) is 0 Å². The lowest BCUT2D eigenvalue weighted by Gasteiger charge is -2.22. The molecule has 0 aliphatic rings. The quantitative estimate of drug-likeness (QED) is 0.685. The van der Waals surface area contributed by atoms with Gasteiger partial charge in [0.1, 0.15) is 16.2 Å². The van der Waals surface area contributed by atoms with Crippen LogP contribution >= 0.6 is 15.9 Å². The van der Waals surface area contributed by atoms with Crippen molar-refractivity contribution < 1.29 is 9.53 Å². The summed E-state index contributed by atoms with van der Waals surface area (Å²) < 4.78 is 5.94. The van der Waals surface area contributed by atoms with Crippen molar-refractivity contribution in [3.8, 4) is 0 Å². The molecule has 0 aliphatic heterocycles. The number of carbonyl (C=O) groups is 1. The van der Waals surface area contributed by atoms with Crippen LogP contribution in [0.15, 0.2) is 22.9 Å². The Bertz CT molecular complexity index is 402. The van der Waals surface area contributed by atoms with E-state index in [-0.39, 0.29) is 5.97 Å². The van der Waals surface area contributed by atoms with E-state index in [1.165, 1.54) is 0 Å². The SMILES string of the molecule is CC(C)(C)OC(=O)C(N)Cc1ccnc(Br)c1. The molecule has 0 amide bonds. The Morgan fingerprint density at radius 1 is 1.59 bits per heavy atom. The summed E-state index contributed by atoms with van der Waals surface area (Å²) in [5.74, 6) is -0.384. The second-order valence-corrected chi connectivity index (χ2v) is 5.64. The molecule has 1 atom stereocenters. The Hall–Kier alpha value is -0.940. The van der Waals surface area contributed by atoms with Crippen molar-refractivity contribution in [2.45, 2.75) is 38.8 Å². The van der Waals surface area contributed by atoms with Crippen molar-refractivity contribution in [1.82, 2.24) is 4.98 Å². The van der Waals surface area contributed by atoms with Crippen LogP contribution in [0.25, 0.3) is 0 Å². The van der Waals surface area contributed by atoms with E-state index in [4.69, 9.17) is 10.5 Å². The predicted octanol–water partition coefficient (Wildman–Crippen LogP) is 2.06. The molecule has 1 aromatic heterocycles. The second-order valence-electron chi connectivity index (χ2n) is 4.83. The molecule has 0 aliphatic carbocycles. The summed E-state index contributed by atoms with van der Waals surface area (Å²) >= 11 is 3.27. The van der Waals surface area contributed by atoms with E-state index < -0.39 is 11.6 Å². The molecule has 0 saturated heterocycles. The van der Waals surface area contributed by atoms with Crippen LogP contribution in [-0.2, 0) is 16.0 Å². The monoisotopic (exact) mass is 300 g/mol. The number of carbonyl (C=O) groups excluding carboxylic acids is 1. The Morgan fingerprint density at radius 3 is 2.76 bits per heavy atom. The molecule has 17 heavy (non-hydrogen) atoms. The zero-order valence-electron chi connectivity index (χ0n) is 10.2. The molecular weight excluding hydrogens is 284 g/mol. The van der Waals surface area contributed by atoms with Gasteiger partial charge in [-0.1, -0.05) is 0 Å². The molecule has 1 aromatic rings. The lowest BCUT2D eigenvalue weighted by atomic mass is 10.1. The summed E-state index contributed by atoms with van der Waals surface area (Å²) in [5.41, 5.74) is 6.24. The van der Waals surface area contributed by atoms with E-state index in [2.05, 4.69) is 20.9 Å². The Morgan fingerprint density at radius 2 is 2.24 bits per heavy atom. The number of aromatic nitrogens is 1. The number of hydrogen-bond donors (Lipinski definition) is 1. The van der Waals surface area contributed by atoms with Crippen LogP contribution in [0.4, 0.5) is 0 Å². The highest BCUT2D eigenvalue weighted by atomic mass is 79.9. The number of halogens is 1. The zero-order valence-corrected chi connectivity index (χ0v) is 11.8. The highest BCUT2D eigenvalue weighted by molar-refractivity contribution is 9.10. The lowest BCUT2D eigenvalue weighted by molar-refractivity contribution is -0.156. The van der Waals surface area contributed by atoms with Crippen LogP contribution in [0.3, 0.4) is 0 Å². The van der Waals surface area contributed by atoms with Gasteiger partial charge in [-0.05, 0) is 60.8 Å². The minimum absolute atomic E-state index is 0.384. The summed E-state index contributed by atoms with van der Waals surface area (Å²) in [4.78, 5) is 15.7. The first-order valence-corrected chi connectivity index (χ1v) is 6.16. The zero-order chi connectivity index (χ0) is 13.1. The maximum atomic E-state index is 11.7. The van der Waals surface area contributed by atoms with Gasteiger partial charge in [-0.25, -0.2) is 4.98 Å². The molecule has 0 spiro atoms. The smallest absolute Gasteiger partial charge is 0.323 e. The maximum absolute atomic E-state index is 11.7. The molecule has 0 saturated carbocycles. The lowest BCUT2D eigenvalue weighted by Crippen LogP contribution is -2.38. The highest BCUT2D eigenvalue weighted by Gasteiger charge is 2.22. The van der Waals surface area contributed by atoms with E-state index in [1.54, 1.807) is 6.20 Å². The summed E-state index contributed by atoms with van der Waals surface area (Å²) in [5, 5.41) is 0. The average Bonchev–Trinajstić information content (AvgIpc) is 2.14. The van der Waals surface area contributed by atoms with Gasteiger partial charge in [0.15, 0.2) is 0 Å². The summed E-state index contributed by atoms with van der Waals surface area (Å²) in [6, 6.07) is 3.02. The van der Waals surface area contributed by atoms with Gasteiger partial charge in [0, 0.05) is 6.20 Å². The average molecular weight is 301 g/mol. The van der Waals surface area contributed by atoms with Gasteiger partial charge < -0.3 is 10.5 Å². The van der Waals surface area contributed by atoms with Gasteiger partial charge in [0.05, 0.1) is 0 Å². The Labute approximate surface area is 110 Å². The van der Waals surface area contributed by atoms with E-state index >= 15 is 0 Å². The standard InChI is InChI=1S/C12H17BrN2O2/c1-12(2,3)17-11(16)9(14)6-8-4-5-15-10(13)7-8/h4-5,7,9H,6,14H2,1-3H3. The summed E-state index contributed by atoms with van der Waals surface area (Å²) in [7, 11) is 0. The van der Waals surface area contributed by atoms with Crippen LogP contribution in [0.1, 0.15) is 26.3 Å². The van der Waals surface area contributed by atoms with E-state index in [0.717, 1.165) is 10.2 Å². The molecule has 1 rings (SSSR count). The molecule has 1 heterocycles. The number of ether oxygens (including phenoxy) is 1. The van der Waals surface area contributed by atoms with Crippen molar-refractivity contribution in [3.05, 3.63) is 28.5 Å². The highest BCUT2D eigenvalue weighted by Crippen LogP contribution is 2.12. The fourth-order valence-corrected chi connectivity index (χ4v) is 1.70. The fourth-order valence-electron chi connectivity index (χ4n) is 1.28. The van der Waals surface area contributed by atoms with Gasteiger partial charge in [0.25, 0.3) is 0 Å². The van der Waals surface area contributed by atoms with Crippen molar-refractivity contribution >= 4 is 21.9 Å². The van der Waals surface area contributed by atoms with Gasteiger partial charge >= 0.3 is 5.97 Å². The third-order valence-electron chi connectivity index (χ3n) is 1.96. The molecule has 0 bridgehead atoms. The Kier molecular flexibility index (Phi) is 4.65. The summed E-state index contributed by atoms with van der Waals surface area (Å²) in [6.07, 6.45) is 2.11. The maximum Gasteiger partial charge on any atom is 0.323 e. The van der Waals surface area contributed by atoms with Crippen molar-refractivity contribution in [2.75, 3.05) is 0 Å². The number of hydrogen-bond acceptors (Lipinski definition) is 4. The number of rotatable bonds is 3. The number of nitrogens with zero attached hydrogens (tertiary/aromatic N) is 1. The topological polar surface area (TPSA) is 65.2 Å². The van der Waals surface area contributed by atoms with E-state index in [9.17, 15) is 4.79 Å². The Balaban J connectivity index is 2.60. The first-order valence-electron chi connectivity index (χ1n) is 5.37. The summed E-state index contributed by atoms with van der Waals surface area (Å²) in [6.45, 7) is 5.46. The van der Waals surface area contributed by atoms with Gasteiger partial charge in [-0.15, -0.1) is 0 Å². The minimum Gasteiger partial charge on any atom is -0.459 e. The molecule has 0 radical (unpaired) electrons. The third-order valence-corrected chi connectivity index (χ3v) is 2.39. The van der Waals surface area contributed by atoms with Crippen LogP contribution in [-0.4, -0.2) is 22.6 Å². The molecule has 0 aromatic carbocycles. The van der Waals surface area contributed by atoms with Crippen LogP contribution < -0.4 is 5.73 Å². The van der Waals surface area contributed by atoms with Crippen molar-refractivity contribution in [2.24, 2.45) is 5.73 Å². The first-order chi connectivity index (χ1) is 7.78. The molecule has 2 N–H and O–H groups in total. The molecule has 1 unspecified atom stereocenters. The van der Waals surface area contributed by atoms with Crippen LogP contribution in [0.5, 0.6) is 0 Å². The van der Waals surface area contributed by atoms with Crippen LogP contribution in [0, 0.1) is 0 Å². The first kappa shape index (κ1) is 14.1. The van der Waals surface area contributed by atoms with Gasteiger partial charge in [-0.2, -0.15) is 0 Å². The second kappa shape index (κ2) is 5.60. The van der Waals surface area contributed by atoms with Gasteiger partial charge in [0.2, 0.25) is 0 Å². The largest absolute Gasteiger partial charge is 0.459 e. The molecule has 4 nitrogen and oxygen atoms in total. The normalized spacial score (nSPS) is 13.2. The molecule has 0 fully saturated rings. The van der Waals surface area contributed by atoms with Crippen molar-refractivity contribution in [3.63, 3.8) is 0 Å². The number of nitrogens with two attached hydrogens (primary N) is 1. The fraction of sp³-hybridized carbons (Fsp3) is 0.500. The molecule has 94 valence electrons. The minimum atomic E-state index is -0.650. The molecular formula is C12H17BrN2O2. The number of esters is 1. The number of pyridine rings is 1. The third kappa shape index (κ3) is 5.28. The van der Waals surface area contributed by atoms with E-state index in [1.807, 2.05) is 32.9 Å².